The van der Waals surface area contributed by atoms with Gasteiger partial charge >= 0.3 is 0 Å². The quantitative estimate of drug-likeness (QED) is 0.792. The van der Waals surface area contributed by atoms with Crippen molar-refractivity contribution in [1.29, 1.82) is 0 Å². The first kappa shape index (κ1) is 12.7. The zero-order chi connectivity index (χ0) is 12.6. The van der Waals surface area contributed by atoms with Gasteiger partial charge in [0, 0.05) is 12.2 Å². The number of rotatable bonds is 6. The van der Waals surface area contributed by atoms with Crippen molar-refractivity contribution < 1.29 is 0 Å². The van der Waals surface area contributed by atoms with Crippen LogP contribution in [0.4, 0.5) is 5.69 Å². The van der Waals surface area contributed by atoms with E-state index in [4.69, 9.17) is 0 Å². The van der Waals surface area contributed by atoms with Crippen molar-refractivity contribution in [3.05, 3.63) is 65.7 Å². The first-order valence-electron chi connectivity index (χ1n) is 6.75. The lowest BCUT2D eigenvalue weighted by Gasteiger charge is -2.07. The molecule has 0 unspecified atom stereocenters. The lowest BCUT2D eigenvalue weighted by atomic mass is 10.1. The minimum absolute atomic E-state index is 0.983. The molecule has 0 atom stereocenters. The summed E-state index contributed by atoms with van der Waals surface area (Å²) in [7, 11) is 0. The van der Waals surface area contributed by atoms with E-state index in [0.717, 1.165) is 13.0 Å². The minimum atomic E-state index is 0.983. The molecule has 1 heteroatoms. The average molecular weight is 239 g/mol. The Balaban J connectivity index is 1.80. The van der Waals surface area contributed by atoms with Gasteiger partial charge in [0.25, 0.3) is 0 Å². The first-order valence-corrected chi connectivity index (χ1v) is 6.75. The number of hydrogen-bond acceptors (Lipinski definition) is 1. The van der Waals surface area contributed by atoms with Gasteiger partial charge in [-0.25, -0.2) is 0 Å². The van der Waals surface area contributed by atoms with Crippen LogP contribution < -0.4 is 5.32 Å². The number of anilines is 1. The smallest absolute Gasteiger partial charge is 0.0340 e. The summed E-state index contributed by atoms with van der Waals surface area (Å²) in [6, 6.07) is 19.4. The SMILES string of the molecule is CCCc1ccc(NCCc2ccccc2)cc1. The van der Waals surface area contributed by atoms with E-state index in [2.05, 4.69) is 66.8 Å². The Labute approximate surface area is 110 Å². The second kappa shape index (κ2) is 6.85. The third-order valence-electron chi connectivity index (χ3n) is 3.08. The maximum atomic E-state index is 3.46. The predicted molar refractivity (Wildman–Crippen MR) is 79.1 cm³/mol. The number of nitrogens with one attached hydrogen (secondary N) is 1. The van der Waals surface area contributed by atoms with E-state index in [0.29, 0.717) is 0 Å². The molecule has 2 aromatic rings. The lowest BCUT2D eigenvalue weighted by molar-refractivity contribution is 0.921. The second-order valence-corrected chi connectivity index (χ2v) is 4.61. The molecular formula is C17H21N. The maximum absolute atomic E-state index is 3.46. The van der Waals surface area contributed by atoms with Crippen molar-refractivity contribution in [2.45, 2.75) is 26.2 Å². The highest BCUT2D eigenvalue weighted by molar-refractivity contribution is 5.44. The van der Waals surface area contributed by atoms with Crippen LogP contribution in [0.15, 0.2) is 54.6 Å². The van der Waals surface area contributed by atoms with Gasteiger partial charge in [0.05, 0.1) is 0 Å². The molecule has 0 saturated carbocycles. The lowest BCUT2D eigenvalue weighted by Crippen LogP contribution is -2.04. The van der Waals surface area contributed by atoms with Crippen LogP contribution in [-0.4, -0.2) is 6.54 Å². The molecule has 0 aliphatic rings. The van der Waals surface area contributed by atoms with E-state index >= 15 is 0 Å². The van der Waals surface area contributed by atoms with Crippen LogP contribution in [0.2, 0.25) is 0 Å². The van der Waals surface area contributed by atoms with Gasteiger partial charge in [0.1, 0.15) is 0 Å². The highest BCUT2D eigenvalue weighted by atomic mass is 14.9. The molecular weight excluding hydrogens is 218 g/mol. The third kappa shape index (κ3) is 3.92. The van der Waals surface area contributed by atoms with Crippen LogP contribution >= 0.6 is 0 Å². The molecule has 0 heterocycles. The average Bonchev–Trinajstić information content (AvgIpc) is 2.42. The van der Waals surface area contributed by atoms with Gasteiger partial charge in [-0.05, 0) is 36.1 Å². The standard InChI is InChI=1S/C17H21N/c1-2-6-15-9-11-17(12-10-15)18-14-13-16-7-4-3-5-8-16/h3-5,7-12,18H,2,6,13-14H2,1H3. The Morgan fingerprint density at radius 2 is 1.44 bits per heavy atom. The van der Waals surface area contributed by atoms with Crippen molar-refractivity contribution in [3.63, 3.8) is 0 Å². The van der Waals surface area contributed by atoms with E-state index < -0.39 is 0 Å². The van der Waals surface area contributed by atoms with E-state index in [1.165, 1.54) is 29.7 Å². The zero-order valence-corrected chi connectivity index (χ0v) is 11.0. The second-order valence-electron chi connectivity index (χ2n) is 4.61. The van der Waals surface area contributed by atoms with E-state index in [9.17, 15) is 0 Å². The molecule has 0 spiro atoms. The normalized spacial score (nSPS) is 10.3. The van der Waals surface area contributed by atoms with Crippen LogP contribution in [-0.2, 0) is 12.8 Å². The molecule has 0 radical (unpaired) electrons. The fraction of sp³-hybridized carbons (Fsp3) is 0.294. The molecule has 18 heavy (non-hydrogen) atoms. The highest BCUT2D eigenvalue weighted by Gasteiger charge is 1.95. The molecule has 0 aliphatic heterocycles. The molecule has 0 aromatic heterocycles. The Morgan fingerprint density at radius 3 is 2.11 bits per heavy atom. The van der Waals surface area contributed by atoms with Crippen molar-refractivity contribution in [2.24, 2.45) is 0 Å². The van der Waals surface area contributed by atoms with E-state index in [1.807, 2.05) is 0 Å². The van der Waals surface area contributed by atoms with Gasteiger partial charge in [-0.2, -0.15) is 0 Å². The third-order valence-corrected chi connectivity index (χ3v) is 3.08. The van der Waals surface area contributed by atoms with Crippen LogP contribution in [0.5, 0.6) is 0 Å². The van der Waals surface area contributed by atoms with Gasteiger partial charge in [0.2, 0.25) is 0 Å². The Bertz CT molecular complexity index is 445. The first-order chi connectivity index (χ1) is 8.88. The number of benzene rings is 2. The van der Waals surface area contributed by atoms with E-state index in [-0.39, 0.29) is 0 Å². The predicted octanol–water partition coefficient (Wildman–Crippen LogP) is 4.29. The summed E-state index contributed by atoms with van der Waals surface area (Å²) in [5.41, 5.74) is 4.02. The van der Waals surface area contributed by atoms with Crippen LogP contribution in [0.25, 0.3) is 0 Å². The van der Waals surface area contributed by atoms with Crippen molar-refractivity contribution in [2.75, 3.05) is 11.9 Å². The molecule has 2 aromatic carbocycles. The maximum Gasteiger partial charge on any atom is 0.0340 e. The molecule has 0 aliphatic carbocycles. The van der Waals surface area contributed by atoms with Gasteiger partial charge in [0.15, 0.2) is 0 Å². The number of aryl methyl sites for hydroxylation is 1. The number of hydrogen-bond donors (Lipinski definition) is 1. The summed E-state index contributed by atoms with van der Waals surface area (Å²) in [4.78, 5) is 0. The molecule has 1 N–H and O–H groups in total. The summed E-state index contributed by atoms with van der Waals surface area (Å²) in [5, 5.41) is 3.46. The van der Waals surface area contributed by atoms with Gasteiger partial charge in [-0.15, -0.1) is 0 Å². The summed E-state index contributed by atoms with van der Waals surface area (Å²) in [5.74, 6) is 0. The zero-order valence-electron chi connectivity index (χ0n) is 11.0. The Hall–Kier alpha value is -1.76. The van der Waals surface area contributed by atoms with Crippen molar-refractivity contribution >= 4 is 5.69 Å². The largest absolute Gasteiger partial charge is 0.385 e. The molecule has 94 valence electrons. The van der Waals surface area contributed by atoms with Crippen LogP contribution in [0.3, 0.4) is 0 Å². The summed E-state index contributed by atoms with van der Waals surface area (Å²) < 4.78 is 0. The summed E-state index contributed by atoms with van der Waals surface area (Å²) in [6.45, 7) is 3.20. The van der Waals surface area contributed by atoms with Crippen molar-refractivity contribution in [1.82, 2.24) is 0 Å². The highest BCUT2D eigenvalue weighted by Crippen LogP contribution is 2.11. The topological polar surface area (TPSA) is 12.0 Å². The van der Waals surface area contributed by atoms with E-state index in [1.54, 1.807) is 0 Å². The molecule has 0 amide bonds. The van der Waals surface area contributed by atoms with Crippen molar-refractivity contribution in [3.8, 4) is 0 Å². The molecule has 0 bridgehead atoms. The Kier molecular flexibility index (Phi) is 4.83. The fourth-order valence-electron chi connectivity index (χ4n) is 2.07. The summed E-state index contributed by atoms with van der Waals surface area (Å²) in [6.07, 6.45) is 3.45. The molecule has 0 fully saturated rings. The molecule has 2 rings (SSSR count). The molecule has 0 saturated heterocycles. The fourth-order valence-corrected chi connectivity index (χ4v) is 2.07. The monoisotopic (exact) mass is 239 g/mol. The van der Waals surface area contributed by atoms with Gasteiger partial charge in [-0.1, -0.05) is 55.8 Å². The van der Waals surface area contributed by atoms with Crippen LogP contribution in [0.1, 0.15) is 24.5 Å². The van der Waals surface area contributed by atoms with Crippen LogP contribution in [0, 0.1) is 0 Å². The summed E-state index contributed by atoms with van der Waals surface area (Å²) >= 11 is 0. The Morgan fingerprint density at radius 1 is 0.778 bits per heavy atom. The van der Waals surface area contributed by atoms with Gasteiger partial charge in [-0.3, -0.25) is 0 Å². The minimum Gasteiger partial charge on any atom is -0.385 e. The van der Waals surface area contributed by atoms with Gasteiger partial charge < -0.3 is 5.32 Å². The molecule has 1 nitrogen and oxygen atoms in total.